The predicted molar refractivity (Wildman–Crippen MR) is 119 cm³/mol. The first-order chi connectivity index (χ1) is 14.2. The van der Waals surface area contributed by atoms with E-state index < -0.39 is 0 Å². The number of aliphatic imine (C=N–C) groups is 1. The van der Waals surface area contributed by atoms with Crippen molar-refractivity contribution in [2.75, 3.05) is 40.0 Å². The Balaban J connectivity index is 1.38. The van der Waals surface area contributed by atoms with E-state index in [1.807, 2.05) is 0 Å². The smallest absolute Gasteiger partial charge is 0.191 e. The van der Waals surface area contributed by atoms with Crippen LogP contribution in [-0.4, -0.2) is 46.0 Å². The normalized spacial score (nSPS) is 16.8. The molecular weight excluding hydrogens is 362 g/mol. The highest BCUT2D eigenvalue weighted by atomic mass is 16.5. The summed E-state index contributed by atoms with van der Waals surface area (Å²) in [7, 11) is 1.80. The van der Waals surface area contributed by atoms with Crippen molar-refractivity contribution in [2.24, 2.45) is 10.9 Å². The second-order valence-electron chi connectivity index (χ2n) is 7.58. The van der Waals surface area contributed by atoms with Crippen molar-refractivity contribution in [3.8, 4) is 11.1 Å². The molecule has 0 spiro atoms. The summed E-state index contributed by atoms with van der Waals surface area (Å²) in [6, 6.07) is 17.2. The predicted octanol–water partition coefficient (Wildman–Crippen LogP) is 3.77. The van der Waals surface area contributed by atoms with Crippen LogP contribution in [0.5, 0.6) is 0 Å². The number of rotatable bonds is 9. The van der Waals surface area contributed by atoms with Crippen molar-refractivity contribution in [1.29, 1.82) is 0 Å². The molecule has 1 atom stereocenters. The average molecular weight is 396 g/mol. The number of aryl methyl sites for hydroxylation is 1. The molecule has 0 amide bonds. The van der Waals surface area contributed by atoms with Crippen LogP contribution in [0.1, 0.15) is 24.0 Å². The highest BCUT2D eigenvalue weighted by molar-refractivity contribution is 5.79. The first-order valence-electron chi connectivity index (χ1n) is 10.5. The fourth-order valence-electron chi connectivity index (χ4n) is 3.44. The molecule has 29 heavy (non-hydrogen) atoms. The fourth-order valence-corrected chi connectivity index (χ4v) is 3.44. The molecule has 1 fully saturated rings. The van der Waals surface area contributed by atoms with Gasteiger partial charge < -0.3 is 20.1 Å². The standard InChI is InChI=1S/C24H33N3O2/c1-19-6-3-8-22(14-19)23-9-4-7-20(15-23)16-27-24(25-2)26-11-5-12-28-17-21-10-13-29-18-21/h3-4,6-9,14-15,21H,5,10-13,16-18H2,1-2H3,(H2,25,26,27). The van der Waals surface area contributed by atoms with Crippen LogP contribution in [0.4, 0.5) is 0 Å². The van der Waals surface area contributed by atoms with Gasteiger partial charge in [-0.1, -0.05) is 48.0 Å². The fraction of sp³-hybridized carbons (Fsp3) is 0.458. The molecule has 3 rings (SSSR count). The lowest BCUT2D eigenvalue weighted by Gasteiger charge is -2.13. The molecule has 1 aliphatic rings. The molecular formula is C24H33N3O2. The monoisotopic (exact) mass is 395 g/mol. The minimum absolute atomic E-state index is 0.577. The summed E-state index contributed by atoms with van der Waals surface area (Å²) in [6.45, 7) is 7.00. The maximum absolute atomic E-state index is 5.75. The maximum atomic E-state index is 5.75. The van der Waals surface area contributed by atoms with Crippen LogP contribution in [-0.2, 0) is 16.0 Å². The minimum atomic E-state index is 0.577. The third kappa shape index (κ3) is 7.18. The molecule has 5 heteroatoms. The van der Waals surface area contributed by atoms with Gasteiger partial charge in [0, 0.05) is 39.3 Å². The van der Waals surface area contributed by atoms with Crippen molar-refractivity contribution in [3.63, 3.8) is 0 Å². The first kappa shape index (κ1) is 21.3. The molecule has 0 radical (unpaired) electrons. The topological polar surface area (TPSA) is 54.9 Å². The molecule has 1 aliphatic heterocycles. The third-order valence-corrected chi connectivity index (χ3v) is 5.10. The number of ether oxygens (including phenoxy) is 2. The largest absolute Gasteiger partial charge is 0.381 e. The third-order valence-electron chi connectivity index (χ3n) is 5.10. The number of guanidine groups is 1. The van der Waals surface area contributed by atoms with Crippen molar-refractivity contribution in [1.82, 2.24) is 10.6 Å². The van der Waals surface area contributed by atoms with Crippen molar-refractivity contribution >= 4 is 5.96 Å². The lowest BCUT2D eigenvalue weighted by Crippen LogP contribution is -2.37. The highest BCUT2D eigenvalue weighted by Crippen LogP contribution is 2.21. The number of nitrogens with zero attached hydrogens (tertiary/aromatic N) is 1. The Morgan fingerprint density at radius 3 is 2.72 bits per heavy atom. The Kier molecular flexibility index (Phi) is 8.53. The average Bonchev–Trinajstić information content (AvgIpc) is 3.26. The van der Waals surface area contributed by atoms with E-state index in [1.54, 1.807) is 7.05 Å². The van der Waals surface area contributed by atoms with E-state index in [-0.39, 0.29) is 0 Å². The van der Waals surface area contributed by atoms with E-state index in [4.69, 9.17) is 9.47 Å². The van der Waals surface area contributed by atoms with Gasteiger partial charge in [-0.2, -0.15) is 0 Å². The second kappa shape index (κ2) is 11.6. The molecule has 1 unspecified atom stereocenters. The molecule has 156 valence electrons. The van der Waals surface area contributed by atoms with Gasteiger partial charge >= 0.3 is 0 Å². The SMILES string of the molecule is CN=C(NCCCOCC1CCOC1)NCc1cccc(-c2cccc(C)c2)c1. The van der Waals surface area contributed by atoms with Gasteiger partial charge in [0.05, 0.1) is 13.2 Å². The molecule has 1 saturated heterocycles. The van der Waals surface area contributed by atoms with E-state index >= 15 is 0 Å². The van der Waals surface area contributed by atoms with Crippen molar-refractivity contribution < 1.29 is 9.47 Å². The quantitative estimate of drug-likeness (QED) is 0.386. The van der Waals surface area contributed by atoms with Gasteiger partial charge in [0.15, 0.2) is 5.96 Å². The van der Waals surface area contributed by atoms with Crippen molar-refractivity contribution in [2.45, 2.75) is 26.3 Å². The van der Waals surface area contributed by atoms with Crippen LogP contribution in [0.15, 0.2) is 53.5 Å². The minimum Gasteiger partial charge on any atom is -0.381 e. The van der Waals surface area contributed by atoms with Crippen LogP contribution in [0.25, 0.3) is 11.1 Å². The van der Waals surface area contributed by atoms with E-state index in [2.05, 4.69) is 71.1 Å². The summed E-state index contributed by atoms with van der Waals surface area (Å²) in [4.78, 5) is 4.31. The van der Waals surface area contributed by atoms with Crippen LogP contribution in [0.2, 0.25) is 0 Å². The summed E-state index contributed by atoms with van der Waals surface area (Å²) >= 11 is 0. The van der Waals surface area contributed by atoms with Gasteiger partial charge in [0.2, 0.25) is 0 Å². The van der Waals surface area contributed by atoms with E-state index in [0.29, 0.717) is 5.92 Å². The van der Waals surface area contributed by atoms with Crippen LogP contribution >= 0.6 is 0 Å². The van der Waals surface area contributed by atoms with Gasteiger partial charge in [0.1, 0.15) is 0 Å². The zero-order valence-corrected chi connectivity index (χ0v) is 17.6. The van der Waals surface area contributed by atoms with Gasteiger partial charge in [-0.25, -0.2) is 0 Å². The summed E-state index contributed by atoms with van der Waals surface area (Å²) in [5, 5.41) is 6.75. The molecule has 2 aromatic carbocycles. The molecule has 2 N–H and O–H groups in total. The highest BCUT2D eigenvalue weighted by Gasteiger charge is 2.15. The Bertz CT molecular complexity index is 785. The number of benzene rings is 2. The van der Waals surface area contributed by atoms with E-state index in [0.717, 1.165) is 58.3 Å². The first-order valence-corrected chi connectivity index (χ1v) is 10.5. The molecule has 0 saturated carbocycles. The molecule has 2 aromatic rings. The zero-order chi connectivity index (χ0) is 20.3. The lowest BCUT2D eigenvalue weighted by molar-refractivity contribution is 0.0888. The van der Waals surface area contributed by atoms with Crippen LogP contribution in [0, 0.1) is 12.8 Å². The van der Waals surface area contributed by atoms with Gasteiger partial charge in [0.25, 0.3) is 0 Å². The summed E-state index contributed by atoms with van der Waals surface area (Å²) in [6.07, 6.45) is 2.08. The van der Waals surface area contributed by atoms with Gasteiger partial charge in [-0.05, 0) is 42.5 Å². The second-order valence-corrected chi connectivity index (χ2v) is 7.58. The van der Waals surface area contributed by atoms with E-state index in [1.165, 1.54) is 22.3 Å². The Morgan fingerprint density at radius 2 is 1.97 bits per heavy atom. The maximum Gasteiger partial charge on any atom is 0.191 e. The van der Waals surface area contributed by atoms with E-state index in [9.17, 15) is 0 Å². The molecule has 0 bridgehead atoms. The van der Waals surface area contributed by atoms with Gasteiger partial charge in [-0.15, -0.1) is 0 Å². The molecule has 0 aliphatic carbocycles. The van der Waals surface area contributed by atoms with Crippen LogP contribution < -0.4 is 10.6 Å². The van der Waals surface area contributed by atoms with Crippen LogP contribution in [0.3, 0.4) is 0 Å². The Morgan fingerprint density at radius 1 is 1.14 bits per heavy atom. The number of hydrogen-bond donors (Lipinski definition) is 2. The number of hydrogen-bond acceptors (Lipinski definition) is 3. The van der Waals surface area contributed by atoms with Crippen molar-refractivity contribution in [3.05, 3.63) is 59.7 Å². The Hall–Kier alpha value is -2.37. The number of nitrogens with one attached hydrogen (secondary N) is 2. The lowest BCUT2D eigenvalue weighted by atomic mass is 10.0. The summed E-state index contributed by atoms with van der Waals surface area (Å²) in [5.74, 6) is 1.39. The van der Waals surface area contributed by atoms with Gasteiger partial charge in [-0.3, -0.25) is 4.99 Å². The summed E-state index contributed by atoms with van der Waals surface area (Å²) < 4.78 is 11.1. The molecule has 0 aromatic heterocycles. The molecule has 1 heterocycles. The zero-order valence-electron chi connectivity index (χ0n) is 17.6. The Labute approximate surface area is 174 Å². The molecule has 5 nitrogen and oxygen atoms in total. The summed E-state index contributed by atoms with van der Waals surface area (Å²) in [5.41, 5.74) is 4.99.